The van der Waals surface area contributed by atoms with Gasteiger partial charge in [-0.25, -0.2) is 0 Å². The van der Waals surface area contributed by atoms with Crippen molar-refractivity contribution in [2.45, 2.75) is 45.6 Å². The second kappa shape index (κ2) is 5.45. The third-order valence-corrected chi connectivity index (χ3v) is 3.13. The number of nitrogens with two attached hydrogens (primary N) is 1. The monoisotopic (exact) mass is 228 g/mol. The van der Waals surface area contributed by atoms with Crippen LogP contribution in [0.25, 0.3) is 0 Å². The Hall–Kier alpha value is -0.640. The molecule has 3 nitrogen and oxygen atoms in total. The lowest BCUT2D eigenvalue weighted by molar-refractivity contribution is -0.123. The first kappa shape index (κ1) is 12.4. The van der Waals surface area contributed by atoms with Gasteiger partial charge in [-0.3, -0.25) is 4.79 Å². The van der Waals surface area contributed by atoms with Crippen LogP contribution in [0.1, 0.15) is 39.5 Å². The highest BCUT2D eigenvalue weighted by Gasteiger charge is 2.26. The topological polar surface area (TPSA) is 55.1 Å². The molecule has 0 saturated heterocycles. The summed E-state index contributed by atoms with van der Waals surface area (Å²) >= 11 is 4.86. The first-order valence-electron chi connectivity index (χ1n) is 5.64. The second-order valence-corrected chi connectivity index (χ2v) is 4.92. The van der Waals surface area contributed by atoms with Gasteiger partial charge in [-0.2, -0.15) is 0 Å². The molecule has 0 aromatic rings. The van der Waals surface area contributed by atoms with Gasteiger partial charge >= 0.3 is 0 Å². The Balaban J connectivity index is 2.34. The highest BCUT2D eigenvalue weighted by Crippen LogP contribution is 2.33. The van der Waals surface area contributed by atoms with Gasteiger partial charge in [0.15, 0.2) is 0 Å². The van der Waals surface area contributed by atoms with Gasteiger partial charge in [-0.15, -0.1) is 0 Å². The van der Waals surface area contributed by atoms with Crippen LogP contribution in [-0.4, -0.2) is 16.9 Å². The minimum absolute atomic E-state index is 0.0156. The molecule has 0 heterocycles. The van der Waals surface area contributed by atoms with Crippen LogP contribution >= 0.6 is 12.2 Å². The Bertz CT molecular complexity index is 251. The molecule has 1 aliphatic rings. The number of amides is 1. The van der Waals surface area contributed by atoms with Crippen molar-refractivity contribution in [1.29, 1.82) is 0 Å². The van der Waals surface area contributed by atoms with Crippen molar-refractivity contribution in [3.8, 4) is 0 Å². The summed E-state index contributed by atoms with van der Waals surface area (Å²) < 4.78 is 0. The summed E-state index contributed by atoms with van der Waals surface area (Å²) in [7, 11) is 0. The average molecular weight is 228 g/mol. The molecule has 2 atom stereocenters. The van der Waals surface area contributed by atoms with Crippen LogP contribution in [0.5, 0.6) is 0 Å². The Morgan fingerprint density at radius 2 is 2.20 bits per heavy atom. The predicted molar refractivity (Wildman–Crippen MR) is 65.5 cm³/mol. The van der Waals surface area contributed by atoms with Crippen LogP contribution in [0.4, 0.5) is 0 Å². The molecular formula is C11H20N2OS. The Morgan fingerprint density at radius 1 is 1.60 bits per heavy atom. The third kappa shape index (κ3) is 4.16. The fraction of sp³-hybridized carbons (Fsp3) is 0.818. The lowest BCUT2D eigenvalue weighted by Gasteiger charge is -2.18. The molecule has 4 heteroatoms. The van der Waals surface area contributed by atoms with E-state index in [0.29, 0.717) is 11.4 Å². The lowest BCUT2D eigenvalue weighted by Crippen LogP contribution is -2.41. The SMILES string of the molecule is CCC(C(=O)NC(C)CC1CC1)C(N)=S. The summed E-state index contributed by atoms with van der Waals surface area (Å²) in [6.07, 6.45) is 4.39. The number of thiocarbonyl (C=S) groups is 1. The van der Waals surface area contributed by atoms with Crippen LogP contribution in [0, 0.1) is 11.8 Å². The van der Waals surface area contributed by atoms with Crippen LogP contribution in [0.2, 0.25) is 0 Å². The highest BCUT2D eigenvalue weighted by molar-refractivity contribution is 7.80. The van der Waals surface area contributed by atoms with Gasteiger partial charge in [0.05, 0.1) is 10.9 Å². The Labute approximate surface area is 96.8 Å². The van der Waals surface area contributed by atoms with E-state index < -0.39 is 0 Å². The van der Waals surface area contributed by atoms with Crippen molar-refractivity contribution >= 4 is 23.1 Å². The summed E-state index contributed by atoms with van der Waals surface area (Å²) in [5.74, 6) is 0.505. The Morgan fingerprint density at radius 3 is 2.60 bits per heavy atom. The molecule has 1 saturated carbocycles. The molecule has 86 valence electrons. The van der Waals surface area contributed by atoms with Crippen molar-refractivity contribution in [3.63, 3.8) is 0 Å². The average Bonchev–Trinajstić information content (AvgIpc) is 2.87. The van der Waals surface area contributed by atoms with E-state index in [-0.39, 0.29) is 17.9 Å². The highest BCUT2D eigenvalue weighted by atomic mass is 32.1. The number of hydrogen-bond donors (Lipinski definition) is 2. The second-order valence-electron chi connectivity index (χ2n) is 4.45. The van der Waals surface area contributed by atoms with E-state index in [1.54, 1.807) is 0 Å². The minimum Gasteiger partial charge on any atom is -0.393 e. The van der Waals surface area contributed by atoms with Gasteiger partial charge in [0.2, 0.25) is 5.91 Å². The smallest absolute Gasteiger partial charge is 0.230 e. The van der Waals surface area contributed by atoms with E-state index in [2.05, 4.69) is 5.32 Å². The molecular weight excluding hydrogens is 208 g/mol. The van der Waals surface area contributed by atoms with E-state index in [1.165, 1.54) is 12.8 Å². The molecule has 3 N–H and O–H groups in total. The minimum atomic E-state index is -0.304. The summed E-state index contributed by atoms with van der Waals surface area (Å²) in [5.41, 5.74) is 5.51. The number of carbonyl (C=O) groups excluding carboxylic acids is 1. The molecule has 0 aromatic carbocycles. The fourth-order valence-corrected chi connectivity index (χ4v) is 2.05. The van der Waals surface area contributed by atoms with Gasteiger partial charge < -0.3 is 11.1 Å². The van der Waals surface area contributed by atoms with Gasteiger partial charge in [0.25, 0.3) is 0 Å². The van der Waals surface area contributed by atoms with E-state index in [4.69, 9.17) is 18.0 Å². The first-order chi connectivity index (χ1) is 7.04. The third-order valence-electron chi connectivity index (χ3n) is 2.84. The zero-order valence-electron chi connectivity index (χ0n) is 9.45. The van der Waals surface area contributed by atoms with Gasteiger partial charge in [-0.1, -0.05) is 32.0 Å². The molecule has 0 aromatic heterocycles. The lowest BCUT2D eigenvalue weighted by atomic mass is 10.0. The van der Waals surface area contributed by atoms with Crippen molar-refractivity contribution in [2.24, 2.45) is 17.6 Å². The first-order valence-corrected chi connectivity index (χ1v) is 6.05. The Kier molecular flexibility index (Phi) is 4.51. The number of rotatable bonds is 6. The molecule has 2 unspecified atom stereocenters. The maximum Gasteiger partial charge on any atom is 0.230 e. The summed E-state index contributed by atoms with van der Waals surface area (Å²) in [5, 5.41) is 2.98. The number of nitrogens with one attached hydrogen (secondary N) is 1. The summed E-state index contributed by atoms with van der Waals surface area (Å²) in [6, 6.07) is 0.244. The van der Waals surface area contributed by atoms with Crippen molar-refractivity contribution in [3.05, 3.63) is 0 Å². The molecule has 0 radical (unpaired) electrons. The van der Waals surface area contributed by atoms with Gasteiger partial charge in [-0.05, 0) is 25.7 Å². The van der Waals surface area contributed by atoms with E-state index in [9.17, 15) is 4.79 Å². The molecule has 1 fully saturated rings. The van der Waals surface area contributed by atoms with E-state index in [0.717, 1.165) is 12.3 Å². The molecule has 1 amide bonds. The summed E-state index contributed by atoms with van der Waals surface area (Å²) in [4.78, 5) is 12.0. The number of hydrogen-bond acceptors (Lipinski definition) is 2. The largest absolute Gasteiger partial charge is 0.393 e. The van der Waals surface area contributed by atoms with Crippen LogP contribution in [0.3, 0.4) is 0 Å². The molecule has 15 heavy (non-hydrogen) atoms. The molecule has 1 aliphatic carbocycles. The summed E-state index contributed by atoms with van der Waals surface area (Å²) in [6.45, 7) is 3.97. The zero-order valence-corrected chi connectivity index (χ0v) is 10.3. The van der Waals surface area contributed by atoms with Gasteiger partial charge in [0.1, 0.15) is 0 Å². The quantitative estimate of drug-likeness (QED) is 0.679. The normalized spacial score (nSPS) is 19.3. The molecule has 0 bridgehead atoms. The molecule has 0 spiro atoms. The number of carbonyl (C=O) groups is 1. The maximum absolute atomic E-state index is 11.7. The zero-order chi connectivity index (χ0) is 11.4. The predicted octanol–water partition coefficient (Wildman–Crippen LogP) is 1.60. The fourth-order valence-electron chi connectivity index (χ4n) is 1.77. The van der Waals surface area contributed by atoms with Crippen molar-refractivity contribution in [1.82, 2.24) is 5.32 Å². The van der Waals surface area contributed by atoms with Gasteiger partial charge in [0, 0.05) is 6.04 Å². The molecule has 0 aliphatic heterocycles. The van der Waals surface area contributed by atoms with Crippen LogP contribution < -0.4 is 11.1 Å². The van der Waals surface area contributed by atoms with Crippen molar-refractivity contribution < 1.29 is 4.79 Å². The standard InChI is InChI=1S/C11H20N2OS/c1-3-9(10(12)15)11(14)13-7(2)6-8-4-5-8/h7-9H,3-6H2,1-2H3,(H2,12,15)(H,13,14). The van der Waals surface area contributed by atoms with E-state index in [1.807, 2.05) is 13.8 Å². The van der Waals surface area contributed by atoms with Crippen LogP contribution in [0.15, 0.2) is 0 Å². The van der Waals surface area contributed by atoms with Crippen LogP contribution in [-0.2, 0) is 4.79 Å². The van der Waals surface area contributed by atoms with Crippen molar-refractivity contribution in [2.75, 3.05) is 0 Å². The van der Waals surface area contributed by atoms with E-state index >= 15 is 0 Å². The molecule has 1 rings (SSSR count). The maximum atomic E-state index is 11.7.